The van der Waals surface area contributed by atoms with Crippen LogP contribution in [0.25, 0.3) is 11.4 Å². The molecule has 0 saturated carbocycles. The van der Waals surface area contributed by atoms with Crippen molar-refractivity contribution >= 4 is 17.7 Å². The Labute approximate surface area is 161 Å². The van der Waals surface area contributed by atoms with Crippen LogP contribution in [0.15, 0.2) is 53.7 Å². The van der Waals surface area contributed by atoms with Gasteiger partial charge in [-0.2, -0.15) is 0 Å². The Kier molecular flexibility index (Phi) is 5.75. The third-order valence-electron chi connectivity index (χ3n) is 4.01. The maximum Gasteiger partial charge on any atom is 0.233 e. The van der Waals surface area contributed by atoms with Gasteiger partial charge in [0.2, 0.25) is 11.1 Å². The first-order valence-corrected chi connectivity index (χ1v) is 9.28. The molecule has 0 spiro atoms. The molecule has 3 N–H and O–H groups in total. The highest BCUT2D eigenvalue weighted by molar-refractivity contribution is 8.00. The third-order valence-corrected chi connectivity index (χ3v) is 5.06. The first-order valence-electron chi connectivity index (χ1n) is 8.40. The minimum atomic E-state index is -0.400. The molecule has 0 aliphatic rings. The summed E-state index contributed by atoms with van der Waals surface area (Å²) in [5, 5.41) is 11.0. The van der Waals surface area contributed by atoms with E-state index in [4.69, 9.17) is 5.84 Å². The molecule has 0 aliphatic heterocycles. The summed E-state index contributed by atoms with van der Waals surface area (Å²) in [4.78, 5) is 12.3. The summed E-state index contributed by atoms with van der Waals surface area (Å²) in [6, 6.07) is 13.8. The van der Waals surface area contributed by atoms with E-state index in [1.54, 1.807) is 19.1 Å². The van der Waals surface area contributed by atoms with Gasteiger partial charge in [0.05, 0.1) is 5.25 Å². The number of carbonyl (C=O) groups is 1. The van der Waals surface area contributed by atoms with Crippen molar-refractivity contribution in [2.24, 2.45) is 0 Å². The fourth-order valence-corrected chi connectivity index (χ4v) is 3.20. The molecule has 27 heavy (non-hydrogen) atoms. The first kappa shape index (κ1) is 18.9. The average molecular weight is 385 g/mol. The van der Waals surface area contributed by atoms with E-state index in [9.17, 15) is 9.18 Å². The Bertz CT molecular complexity index is 924. The van der Waals surface area contributed by atoms with E-state index in [-0.39, 0.29) is 11.7 Å². The molecule has 0 fully saturated rings. The maximum absolute atomic E-state index is 13.1. The molecule has 8 heteroatoms. The molecule has 3 rings (SSSR count). The molecule has 1 heterocycles. The lowest BCUT2D eigenvalue weighted by Gasteiger charge is -2.11. The Hall–Kier alpha value is -2.87. The summed E-state index contributed by atoms with van der Waals surface area (Å²) in [5.41, 5.74) is 2.86. The molecular weight excluding hydrogens is 365 g/mol. The van der Waals surface area contributed by atoms with Crippen LogP contribution in [0.2, 0.25) is 0 Å². The lowest BCUT2D eigenvalue weighted by Crippen LogP contribution is -2.30. The van der Waals surface area contributed by atoms with Crippen LogP contribution in [0.5, 0.6) is 0 Å². The molecule has 2 aromatic carbocycles. The van der Waals surface area contributed by atoms with Crippen LogP contribution < -0.4 is 11.2 Å². The van der Waals surface area contributed by atoms with Crippen molar-refractivity contribution in [3.8, 4) is 11.4 Å². The van der Waals surface area contributed by atoms with Gasteiger partial charge in [-0.05, 0) is 43.7 Å². The number of carbonyl (C=O) groups excluding carboxylic acids is 1. The summed E-state index contributed by atoms with van der Waals surface area (Å²) >= 11 is 1.21. The quantitative estimate of drug-likeness (QED) is 0.503. The van der Waals surface area contributed by atoms with Gasteiger partial charge in [-0.15, -0.1) is 10.2 Å². The fraction of sp³-hybridized carbons (Fsp3) is 0.211. The van der Waals surface area contributed by atoms with Crippen molar-refractivity contribution in [3.05, 3.63) is 65.5 Å². The number of aromatic nitrogens is 3. The Balaban J connectivity index is 1.61. The number of hydrogen-bond acceptors (Lipinski definition) is 5. The van der Waals surface area contributed by atoms with Gasteiger partial charge in [-0.3, -0.25) is 4.79 Å². The van der Waals surface area contributed by atoms with Crippen LogP contribution in [-0.4, -0.2) is 26.0 Å². The smallest absolute Gasteiger partial charge is 0.233 e. The monoisotopic (exact) mass is 385 g/mol. The molecule has 0 saturated heterocycles. The normalized spacial score (nSPS) is 12.0. The molecule has 140 valence electrons. The zero-order valence-electron chi connectivity index (χ0n) is 15.0. The second kappa shape index (κ2) is 8.22. The summed E-state index contributed by atoms with van der Waals surface area (Å²) in [7, 11) is 0. The second-order valence-electron chi connectivity index (χ2n) is 6.15. The molecule has 1 amide bonds. The van der Waals surface area contributed by atoms with Gasteiger partial charge in [-0.1, -0.05) is 41.6 Å². The van der Waals surface area contributed by atoms with Crippen LogP contribution >= 0.6 is 11.8 Å². The predicted octanol–water partition coefficient (Wildman–Crippen LogP) is 2.90. The first-order chi connectivity index (χ1) is 12.9. The van der Waals surface area contributed by atoms with Crippen LogP contribution in [-0.2, 0) is 11.3 Å². The number of nitrogens with one attached hydrogen (secondary N) is 1. The second-order valence-corrected chi connectivity index (χ2v) is 7.45. The number of nitrogens with two attached hydrogens (primary N) is 1. The van der Waals surface area contributed by atoms with E-state index < -0.39 is 5.25 Å². The topological polar surface area (TPSA) is 85.8 Å². The van der Waals surface area contributed by atoms with Gasteiger partial charge in [0, 0.05) is 12.1 Å². The van der Waals surface area contributed by atoms with Gasteiger partial charge >= 0.3 is 0 Å². The van der Waals surface area contributed by atoms with Crippen molar-refractivity contribution < 1.29 is 9.18 Å². The lowest BCUT2D eigenvalue weighted by molar-refractivity contribution is -0.120. The highest BCUT2D eigenvalue weighted by Crippen LogP contribution is 2.25. The van der Waals surface area contributed by atoms with Gasteiger partial charge in [-0.25, -0.2) is 9.07 Å². The van der Waals surface area contributed by atoms with E-state index in [0.717, 1.165) is 5.56 Å². The van der Waals surface area contributed by atoms with E-state index in [0.29, 0.717) is 23.1 Å². The van der Waals surface area contributed by atoms with Crippen LogP contribution in [0.4, 0.5) is 4.39 Å². The van der Waals surface area contributed by atoms with Crippen molar-refractivity contribution in [2.75, 3.05) is 5.84 Å². The summed E-state index contributed by atoms with van der Waals surface area (Å²) in [6.45, 7) is 4.26. The molecule has 3 aromatic rings. The highest BCUT2D eigenvalue weighted by atomic mass is 32.2. The number of nitrogen functional groups attached to an aromatic ring is 1. The van der Waals surface area contributed by atoms with E-state index in [1.165, 1.54) is 34.1 Å². The number of halogens is 1. The minimum Gasteiger partial charge on any atom is -0.351 e. The Morgan fingerprint density at radius 2 is 1.85 bits per heavy atom. The predicted molar refractivity (Wildman–Crippen MR) is 104 cm³/mol. The minimum absolute atomic E-state index is 0.119. The number of aryl methyl sites for hydroxylation is 1. The van der Waals surface area contributed by atoms with E-state index in [2.05, 4.69) is 15.5 Å². The molecule has 0 radical (unpaired) electrons. The van der Waals surface area contributed by atoms with E-state index >= 15 is 0 Å². The largest absolute Gasteiger partial charge is 0.351 e. The molecule has 0 bridgehead atoms. The van der Waals surface area contributed by atoms with Crippen molar-refractivity contribution in [1.29, 1.82) is 0 Å². The van der Waals surface area contributed by atoms with E-state index in [1.807, 2.05) is 31.2 Å². The summed E-state index contributed by atoms with van der Waals surface area (Å²) in [6.07, 6.45) is 0. The number of hydrogen-bond donors (Lipinski definition) is 2. The van der Waals surface area contributed by atoms with Crippen molar-refractivity contribution in [3.63, 3.8) is 0 Å². The fourth-order valence-electron chi connectivity index (χ4n) is 2.40. The van der Waals surface area contributed by atoms with Gasteiger partial charge < -0.3 is 11.2 Å². The Morgan fingerprint density at radius 3 is 2.52 bits per heavy atom. The Morgan fingerprint density at radius 1 is 1.19 bits per heavy atom. The number of thioether (sulfide) groups is 1. The van der Waals surface area contributed by atoms with Crippen molar-refractivity contribution in [1.82, 2.24) is 20.2 Å². The van der Waals surface area contributed by atoms with Gasteiger partial charge in [0.1, 0.15) is 5.82 Å². The van der Waals surface area contributed by atoms with Gasteiger partial charge in [0.25, 0.3) is 0 Å². The number of rotatable bonds is 6. The van der Waals surface area contributed by atoms with Crippen LogP contribution in [0.3, 0.4) is 0 Å². The standard InChI is InChI=1S/C19H20FN5OS/c1-12-3-5-14(6-4-12)11-22-18(26)13(2)27-19-24-23-17(25(19)21)15-7-9-16(20)10-8-15/h3-10,13H,11,21H2,1-2H3,(H,22,26). The summed E-state index contributed by atoms with van der Waals surface area (Å²) < 4.78 is 14.4. The SMILES string of the molecule is Cc1ccc(CNC(=O)C(C)Sc2nnc(-c3ccc(F)cc3)n2N)cc1. The number of amides is 1. The van der Waals surface area contributed by atoms with Crippen LogP contribution in [0.1, 0.15) is 18.1 Å². The number of benzene rings is 2. The zero-order valence-corrected chi connectivity index (χ0v) is 15.8. The zero-order chi connectivity index (χ0) is 19.4. The molecule has 1 aromatic heterocycles. The van der Waals surface area contributed by atoms with Gasteiger partial charge in [0.15, 0.2) is 5.82 Å². The lowest BCUT2D eigenvalue weighted by atomic mass is 10.1. The maximum atomic E-state index is 13.1. The molecule has 6 nitrogen and oxygen atoms in total. The van der Waals surface area contributed by atoms with Crippen molar-refractivity contribution in [2.45, 2.75) is 30.8 Å². The summed E-state index contributed by atoms with van der Waals surface area (Å²) in [5.74, 6) is 6.00. The third kappa shape index (κ3) is 4.65. The molecule has 1 atom stereocenters. The highest BCUT2D eigenvalue weighted by Gasteiger charge is 2.19. The van der Waals surface area contributed by atoms with Crippen LogP contribution in [0, 0.1) is 12.7 Å². The molecule has 1 unspecified atom stereocenters. The number of nitrogens with zero attached hydrogens (tertiary/aromatic N) is 3. The average Bonchev–Trinajstić information content (AvgIpc) is 3.02. The molecular formula is C19H20FN5OS. The molecule has 0 aliphatic carbocycles.